The molecule has 3 nitrogen and oxygen atoms in total. The molecule has 0 aliphatic carbocycles. The van der Waals surface area contributed by atoms with Crippen LogP contribution in [0.5, 0.6) is 0 Å². The maximum atomic E-state index is 11.2. The van der Waals surface area contributed by atoms with E-state index in [1.165, 1.54) is 0 Å². The van der Waals surface area contributed by atoms with Crippen molar-refractivity contribution in [3.63, 3.8) is 0 Å². The summed E-state index contributed by atoms with van der Waals surface area (Å²) in [5, 5.41) is 9.64. The Morgan fingerprint density at radius 2 is 2.27 bits per heavy atom. The van der Waals surface area contributed by atoms with E-state index in [4.69, 9.17) is 6.42 Å². The van der Waals surface area contributed by atoms with Crippen LogP contribution in [0.25, 0.3) is 0 Å². The second-order valence-electron chi connectivity index (χ2n) is 4.25. The van der Waals surface area contributed by atoms with Gasteiger partial charge in [-0.05, 0) is 31.6 Å². The molecule has 15 heavy (non-hydrogen) atoms. The zero-order valence-corrected chi connectivity index (χ0v) is 9.67. The van der Waals surface area contributed by atoms with Gasteiger partial charge in [0.1, 0.15) is 0 Å². The van der Waals surface area contributed by atoms with Crippen molar-refractivity contribution in [2.45, 2.75) is 38.2 Å². The standard InChI is InChI=1S/C11H18O3S/c1-2-3-4-5-11(12)8-10-6-7-15(13,14)9-10/h1,10-12H,3-9H2. The highest BCUT2D eigenvalue weighted by Gasteiger charge is 2.29. The number of aliphatic hydroxyl groups is 1. The Kier molecular flexibility index (Phi) is 4.62. The van der Waals surface area contributed by atoms with E-state index >= 15 is 0 Å². The normalized spacial score (nSPS) is 26.0. The minimum Gasteiger partial charge on any atom is -0.393 e. The molecular weight excluding hydrogens is 212 g/mol. The Hall–Kier alpha value is -0.530. The van der Waals surface area contributed by atoms with Crippen LogP contribution in [-0.2, 0) is 9.84 Å². The summed E-state index contributed by atoms with van der Waals surface area (Å²) in [6.45, 7) is 0. The number of terminal acetylenes is 1. The third-order valence-electron chi connectivity index (χ3n) is 2.79. The molecule has 4 heteroatoms. The first-order chi connectivity index (χ1) is 7.03. The molecule has 1 saturated heterocycles. The molecule has 1 heterocycles. The van der Waals surface area contributed by atoms with Gasteiger partial charge in [-0.3, -0.25) is 0 Å². The molecule has 0 radical (unpaired) electrons. The van der Waals surface area contributed by atoms with E-state index in [-0.39, 0.29) is 17.4 Å². The van der Waals surface area contributed by atoms with Gasteiger partial charge in [0.25, 0.3) is 0 Å². The summed E-state index contributed by atoms with van der Waals surface area (Å²) in [5.74, 6) is 3.21. The van der Waals surface area contributed by atoms with E-state index in [0.29, 0.717) is 25.7 Å². The molecule has 2 atom stereocenters. The molecule has 1 rings (SSSR count). The topological polar surface area (TPSA) is 54.4 Å². The number of unbranched alkanes of at least 4 members (excludes halogenated alkanes) is 1. The van der Waals surface area contributed by atoms with Crippen LogP contribution >= 0.6 is 0 Å². The van der Waals surface area contributed by atoms with Crippen molar-refractivity contribution in [1.82, 2.24) is 0 Å². The summed E-state index contributed by atoms with van der Waals surface area (Å²) < 4.78 is 22.3. The lowest BCUT2D eigenvalue weighted by molar-refractivity contribution is 0.135. The number of hydrogen-bond acceptors (Lipinski definition) is 3. The van der Waals surface area contributed by atoms with E-state index < -0.39 is 15.9 Å². The van der Waals surface area contributed by atoms with Crippen LogP contribution in [0.3, 0.4) is 0 Å². The van der Waals surface area contributed by atoms with Gasteiger partial charge in [-0.25, -0.2) is 8.42 Å². The van der Waals surface area contributed by atoms with Crippen LogP contribution < -0.4 is 0 Å². The third kappa shape index (κ3) is 4.67. The molecule has 1 fully saturated rings. The predicted octanol–water partition coefficient (Wildman–Crippen LogP) is 0.976. The average Bonchev–Trinajstić information content (AvgIpc) is 2.46. The SMILES string of the molecule is C#CCCCC(O)CC1CCS(=O)(=O)C1. The van der Waals surface area contributed by atoms with Crippen molar-refractivity contribution in [1.29, 1.82) is 0 Å². The molecule has 1 aliphatic rings. The lowest BCUT2D eigenvalue weighted by Gasteiger charge is -2.13. The van der Waals surface area contributed by atoms with Crippen LogP contribution in [0.1, 0.15) is 32.1 Å². The van der Waals surface area contributed by atoms with Crippen molar-refractivity contribution in [2.75, 3.05) is 11.5 Å². The van der Waals surface area contributed by atoms with E-state index in [9.17, 15) is 13.5 Å². The zero-order chi connectivity index (χ0) is 11.3. The van der Waals surface area contributed by atoms with Crippen LogP contribution in [-0.4, -0.2) is 31.1 Å². The fourth-order valence-corrected chi connectivity index (χ4v) is 3.88. The second kappa shape index (κ2) is 5.53. The molecule has 0 saturated carbocycles. The van der Waals surface area contributed by atoms with Gasteiger partial charge in [0, 0.05) is 6.42 Å². The molecule has 86 valence electrons. The fourth-order valence-electron chi connectivity index (χ4n) is 2.00. The highest BCUT2D eigenvalue weighted by atomic mass is 32.2. The molecule has 1 aliphatic heterocycles. The maximum Gasteiger partial charge on any atom is 0.150 e. The number of hydrogen-bond donors (Lipinski definition) is 1. The van der Waals surface area contributed by atoms with Crippen LogP contribution in [0.2, 0.25) is 0 Å². The van der Waals surface area contributed by atoms with Gasteiger partial charge >= 0.3 is 0 Å². The molecule has 0 aromatic carbocycles. The van der Waals surface area contributed by atoms with Crippen molar-refractivity contribution >= 4 is 9.84 Å². The quantitative estimate of drug-likeness (QED) is 0.566. The van der Waals surface area contributed by atoms with Gasteiger partial charge in [0.2, 0.25) is 0 Å². The van der Waals surface area contributed by atoms with E-state index in [1.54, 1.807) is 0 Å². The van der Waals surface area contributed by atoms with Crippen LogP contribution in [0.15, 0.2) is 0 Å². The molecule has 0 aromatic heterocycles. The van der Waals surface area contributed by atoms with Crippen LogP contribution in [0.4, 0.5) is 0 Å². The third-order valence-corrected chi connectivity index (χ3v) is 4.63. The molecule has 0 bridgehead atoms. The minimum atomic E-state index is -2.81. The molecule has 2 unspecified atom stereocenters. The van der Waals surface area contributed by atoms with Gasteiger partial charge in [-0.15, -0.1) is 12.3 Å². The van der Waals surface area contributed by atoms with Crippen molar-refractivity contribution < 1.29 is 13.5 Å². The van der Waals surface area contributed by atoms with Gasteiger partial charge < -0.3 is 5.11 Å². The highest BCUT2D eigenvalue weighted by Crippen LogP contribution is 2.24. The lowest BCUT2D eigenvalue weighted by Crippen LogP contribution is -2.14. The molecule has 0 aromatic rings. The first-order valence-electron chi connectivity index (χ1n) is 5.35. The molecule has 0 amide bonds. The predicted molar refractivity (Wildman–Crippen MR) is 60.1 cm³/mol. The average molecular weight is 230 g/mol. The first-order valence-corrected chi connectivity index (χ1v) is 7.17. The molecular formula is C11H18O3S. The summed E-state index contributed by atoms with van der Waals surface area (Å²) in [7, 11) is -2.81. The Morgan fingerprint density at radius 1 is 1.53 bits per heavy atom. The van der Waals surface area contributed by atoms with Crippen LogP contribution in [0, 0.1) is 18.3 Å². The lowest BCUT2D eigenvalue weighted by atomic mass is 9.98. The van der Waals surface area contributed by atoms with E-state index in [0.717, 1.165) is 6.42 Å². The van der Waals surface area contributed by atoms with Crippen molar-refractivity contribution in [3.05, 3.63) is 0 Å². The molecule has 1 N–H and O–H groups in total. The minimum absolute atomic E-state index is 0.149. The largest absolute Gasteiger partial charge is 0.393 e. The van der Waals surface area contributed by atoms with Gasteiger partial charge in [-0.1, -0.05) is 0 Å². The summed E-state index contributed by atoms with van der Waals surface area (Å²) in [5.41, 5.74) is 0. The summed E-state index contributed by atoms with van der Waals surface area (Å²) in [4.78, 5) is 0. The summed E-state index contributed by atoms with van der Waals surface area (Å²) in [6, 6.07) is 0. The second-order valence-corrected chi connectivity index (χ2v) is 6.48. The van der Waals surface area contributed by atoms with E-state index in [1.807, 2.05) is 0 Å². The first kappa shape index (κ1) is 12.5. The van der Waals surface area contributed by atoms with E-state index in [2.05, 4.69) is 5.92 Å². The fraction of sp³-hybridized carbons (Fsp3) is 0.818. The van der Waals surface area contributed by atoms with Gasteiger partial charge in [0.15, 0.2) is 9.84 Å². The Bertz CT molecular complexity index is 326. The van der Waals surface area contributed by atoms with Crippen molar-refractivity contribution in [2.24, 2.45) is 5.92 Å². The Balaban J connectivity index is 2.22. The number of sulfone groups is 1. The zero-order valence-electron chi connectivity index (χ0n) is 8.85. The smallest absolute Gasteiger partial charge is 0.150 e. The highest BCUT2D eigenvalue weighted by molar-refractivity contribution is 7.91. The number of aliphatic hydroxyl groups excluding tert-OH is 1. The monoisotopic (exact) mass is 230 g/mol. The Morgan fingerprint density at radius 3 is 2.80 bits per heavy atom. The van der Waals surface area contributed by atoms with Gasteiger partial charge in [0.05, 0.1) is 17.6 Å². The Labute approximate surface area is 91.8 Å². The summed E-state index contributed by atoms with van der Waals surface area (Å²) in [6.07, 6.45) is 8.19. The van der Waals surface area contributed by atoms with Crippen molar-refractivity contribution in [3.8, 4) is 12.3 Å². The van der Waals surface area contributed by atoms with Gasteiger partial charge in [-0.2, -0.15) is 0 Å². The molecule has 0 spiro atoms. The summed E-state index contributed by atoms with van der Waals surface area (Å²) >= 11 is 0. The maximum absolute atomic E-state index is 11.2. The number of rotatable bonds is 5.